The van der Waals surface area contributed by atoms with Crippen molar-refractivity contribution in [2.24, 2.45) is 0 Å². The number of rotatable bonds is 2. The van der Waals surface area contributed by atoms with Crippen LogP contribution in [-0.4, -0.2) is 16.7 Å². The Labute approximate surface area is 89.5 Å². The molecule has 0 saturated heterocycles. The molecule has 0 atom stereocenters. The van der Waals surface area contributed by atoms with Gasteiger partial charge in [0.25, 0.3) is 0 Å². The zero-order chi connectivity index (χ0) is 11.1. The molecule has 1 aromatic heterocycles. The number of anilines is 1. The van der Waals surface area contributed by atoms with Crippen molar-refractivity contribution in [1.82, 2.24) is 4.98 Å². The highest BCUT2D eigenvalue weighted by molar-refractivity contribution is 6.29. The minimum absolute atomic E-state index is 0.0880. The van der Waals surface area contributed by atoms with Gasteiger partial charge in [0.15, 0.2) is 0 Å². The molecular formula is C9H8ClF3N2. The van der Waals surface area contributed by atoms with Crippen molar-refractivity contribution in [1.29, 1.82) is 0 Å². The summed E-state index contributed by atoms with van der Waals surface area (Å²) in [4.78, 5) is 3.77. The Hall–Kier alpha value is -0.970. The SMILES string of the molecule is FC(F)(F)C1(Nc2cccc(Cl)n2)CC1. The normalized spacial score (nSPS) is 18.7. The molecule has 0 unspecified atom stereocenters. The monoisotopic (exact) mass is 236 g/mol. The summed E-state index contributed by atoms with van der Waals surface area (Å²) in [7, 11) is 0. The second-order valence-corrected chi connectivity index (χ2v) is 3.94. The van der Waals surface area contributed by atoms with Crippen molar-refractivity contribution in [3.8, 4) is 0 Å². The van der Waals surface area contributed by atoms with Gasteiger partial charge in [-0.2, -0.15) is 13.2 Å². The lowest BCUT2D eigenvalue weighted by atomic mass is 10.2. The van der Waals surface area contributed by atoms with Crippen LogP contribution in [0, 0.1) is 0 Å². The number of pyridine rings is 1. The van der Waals surface area contributed by atoms with Crippen LogP contribution in [0.5, 0.6) is 0 Å². The Morgan fingerprint density at radius 2 is 2.00 bits per heavy atom. The molecule has 82 valence electrons. The third-order valence-corrected chi connectivity index (χ3v) is 2.59. The molecule has 1 aliphatic carbocycles. The summed E-state index contributed by atoms with van der Waals surface area (Å²) in [5.41, 5.74) is -1.79. The maximum absolute atomic E-state index is 12.6. The highest BCUT2D eigenvalue weighted by Crippen LogP contribution is 2.50. The quantitative estimate of drug-likeness (QED) is 0.798. The van der Waals surface area contributed by atoms with E-state index in [-0.39, 0.29) is 23.8 Å². The lowest BCUT2D eigenvalue weighted by Crippen LogP contribution is -2.38. The van der Waals surface area contributed by atoms with E-state index in [1.165, 1.54) is 12.1 Å². The molecule has 0 amide bonds. The zero-order valence-corrected chi connectivity index (χ0v) is 8.36. The number of alkyl halides is 3. The third kappa shape index (κ3) is 2.02. The minimum Gasteiger partial charge on any atom is -0.356 e. The highest BCUT2D eigenvalue weighted by atomic mass is 35.5. The summed E-state index contributed by atoms with van der Waals surface area (Å²) in [5, 5.41) is 2.57. The molecular weight excluding hydrogens is 229 g/mol. The average molecular weight is 237 g/mol. The molecule has 1 aromatic rings. The van der Waals surface area contributed by atoms with E-state index in [1.54, 1.807) is 6.07 Å². The lowest BCUT2D eigenvalue weighted by molar-refractivity contribution is -0.151. The molecule has 1 heterocycles. The summed E-state index contributed by atoms with van der Waals surface area (Å²) in [5.74, 6) is 0.164. The Morgan fingerprint density at radius 1 is 1.33 bits per heavy atom. The predicted octanol–water partition coefficient (Wildman–Crippen LogP) is 3.24. The molecule has 1 aliphatic rings. The van der Waals surface area contributed by atoms with Gasteiger partial charge in [-0.1, -0.05) is 17.7 Å². The first-order valence-corrected chi connectivity index (χ1v) is 4.78. The van der Waals surface area contributed by atoms with Crippen molar-refractivity contribution in [3.05, 3.63) is 23.4 Å². The summed E-state index contributed by atoms with van der Waals surface area (Å²) in [6.45, 7) is 0. The van der Waals surface area contributed by atoms with Gasteiger partial charge < -0.3 is 5.32 Å². The van der Waals surface area contributed by atoms with Crippen LogP contribution in [0.4, 0.5) is 19.0 Å². The maximum atomic E-state index is 12.6. The predicted molar refractivity (Wildman–Crippen MR) is 50.9 cm³/mol. The van der Waals surface area contributed by atoms with Gasteiger partial charge in [0.1, 0.15) is 16.5 Å². The molecule has 2 nitrogen and oxygen atoms in total. The molecule has 0 bridgehead atoms. The number of aromatic nitrogens is 1. The van der Waals surface area contributed by atoms with Gasteiger partial charge in [-0.05, 0) is 25.0 Å². The van der Waals surface area contributed by atoms with E-state index >= 15 is 0 Å². The Kier molecular flexibility index (Phi) is 2.30. The average Bonchev–Trinajstić information content (AvgIpc) is 2.84. The van der Waals surface area contributed by atoms with Crippen LogP contribution in [0.1, 0.15) is 12.8 Å². The smallest absolute Gasteiger partial charge is 0.356 e. The van der Waals surface area contributed by atoms with Crippen molar-refractivity contribution in [3.63, 3.8) is 0 Å². The van der Waals surface area contributed by atoms with Gasteiger partial charge in [0.05, 0.1) is 0 Å². The highest BCUT2D eigenvalue weighted by Gasteiger charge is 2.63. The Morgan fingerprint density at radius 3 is 2.47 bits per heavy atom. The number of hydrogen-bond donors (Lipinski definition) is 1. The summed E-state index contributed by atoms with van der Waals surface area (Å²) >= 11 is 5.58. The number of hydrogen-bond acceptors (Lipinski definition) is 2. The summed E-state index contributed by atoms with van der Waals surface area (Å²) < 4.78 is 37.7. The van der Waals surface area contributed by atoms with Gasteiger partial charge in [-0.15, -0.1) is 0 Å². The van der Waals surface area contributed by atoms with E-state index in [0.717, 1.165) is 0 Å². The van der Waals surface area contributed by atoms with E-state index in [2.05, 4.69) is 10.3 Å². The first kappa shape index (κ1) is 10.5. The van der Waals surface area contributed by atoms with Crippen LogP contribution in [-0.2, 0) is 0 Å². The van der Waals surface area contributed by atoms with E-state index in [1.807, 2.05) is 0 Å². The number of nitrogens with zero attached hydrogens (tertiary/aromatic N) is 1. The van der Waals surface area contributed by atoms with Crippen LogP contribution >= 0.6 is 11.6 Å². The molecule has 0 radical (unpaired) electrons. The molecule has 1 fully saturated rings. The van der Waals surface area contributed by atoms with Crippen molar-refractivity contribution >= 4 is 17.4 Å². The second-order valence-electron chi connectivity index (χ2n) is 3.55. The molecule has 15 heavy (non-hydrogen) atoms. The van der Waals surface area contributed by atoms with Crippen LogP contribution in [0.25, 0.3) is 0 Å². The fraction of sp³-hybridized carbons (Fsp3) is 0.444. The number of nitrogens with one attached hydrogen (secondary N) is 1. The van der Waals surface area contributed by atoms with Gasteiger partial charge in [0.2, 0.25) is 0 Å². The van der Waals surface area contributed by atoms with Crippen LogP contribution in [0.3, 0.4) is 0 Å². The molecule has 2 rings (SSSR count). The third-order valence-electron chi connectivity index (χ3n) is 2.38. The van der Waals surface area contributed by atoms with Crippen molar-refractivity contribution in [2.75, 3.05) is 5.32 Å². The van der Waals surface area contributed by atoms with E-state index < -0.39 is 11.7 Å². The molecule has 0 aromatic carbocycles. The van der Waals surface area contributed by atoms with Gasteiger partial charge >= 0.3 is 6.18 Å². The molecule has 1 saturated carbocycles. The second kappa shape index (κ2) is 3.27. The van der Waals surface area contributed by atoms with Crippen molar-refractivity contribution in [2.45, 2.75) is 24.6 Å². The fourth-order valence-electron chi connectivity index (χ4n) is 1.33. The van der Waals surface area contributed by atoms with Gasteiger partial charge in [-0.3, -0.25) is 0 Å². The molecule has 6 heteroatoms. The first-order valence-electron chi connectivity index (χ1n) is 4.40. The maximum Gasteiger partial charge on any atom is 0.411 e. The standard InChI is InChI=1S/C9H8ClF3N2/c10-6-2-1-3-7(14-6)15-8(4-5-8)9(11,12)13/h1-3H,4-5H2,(H,14,15). The Balaban J connectivity index is 2.16. The summed E-state index contributed by atoms with van der Waals surface area (Å²) in [6, 6.07) is 4.54. The topological polar surface area (TPSA) is 24.9 Å². The van der Waals surface area contributed by atoms with Gasteiger partial charge in [0, 0.05) is 0 Å². The van der Waals surface area contributed by atoms with E-state index in [9.17, 15) is 13.2 Å². The van der Waals surface area contributed by atoms with Crippen LogP contribution < -0.4 is 5.32 Å². The zero-order valence-electron chi connectivity index (χ0n) is 7.61. The minimum atomic E-state index is -4.24. The fourth-order valence-corrected chi connectivity index (χ4v) is 1.49. The summed E-state index contributed by atoms with van der Waals surface area (Å²) in [6.07, 6.45) is -4.06. The van der Waals surface area contributed by atoms with E-state index in [4.69, 9.17) is 11.6 Å². The molecule has 1 N–H and O–H groups in total. The molecule has 0 spiro atoms. The lowest BCUT2D eigenvalue weighted by Gasteiger charge is -2.21. The van der Waals surface area contributed by atoms with Gasteiger partial charge in [-0.25, -0.2) is 4.98 Å². The van der Waals surface area contributed by atoms with Crippen LogP contribution in [0.2, 0.25) is 5.15 Å². The molecule has 0 aliphatic heterocycles. The number of halogens is 4. The first-order chi connectivity index (χ1) is 6.93. The van der Waals surface area contributed by atoms with Crippen molar-refractivity contribution < 1.29 is 13.2 Å². The largest absolute Gasteiger partial charge is 0.411 e. The van der Waals surface area contributed by atoms with Crippen LogP contribution in [0.15, 0.2) is 18.2 Å². The van der Waals surface area contributed by atoms with E-state index in [0.29, 0.717) is 0 Å². The Bertz CT molecular complexity index is 374.